The predicted octanol–water partition coefficient (Wildman–Crippen LogP) is 3.47. The Morgan fingerprint density at radius 3 is 2.72 bits per heavy atom. The van der Waals surface area contributed by atoms with Crippen LogP contribution in [0.5, 0.6) is 0 Å². The summed E-state index contributed by atoms with van der Waals surface area (Å²) in [6.07, 6.45) is 0. The predicted molar refractivity (Wildman–Crippen MR) is 115 cm³/mol. The lowest BCUT2D eigenvalue weighted by Gasteiger charge is -2.18. The van der Waals surface area contributed by atoms with Gasteiger partial charge in [-0.3, -0.25) is 10.1 Å². The SMILES string of the molecule is Cc1ccc(-c2cc(NC(=O)C[NH+](C)[C@H](C)c3nc4ccccc4s3)on2)cc1. The third-order valence-electron chi connectivity index (χ3n) is 4.98. The van der Waals surface area contributed by atoms with Gasteiger partial charge in [0, 0.05) is 11.6 Å². The van der Waals surface area contributed by atoms with Crippen molar-refractivity contribution in [3.63, 3.8) is 0 Å². The van der Waals surface area contributed by atoms with Gasteiger partial charge in [0.25, 0.3) is 5.91 Å². The summed E-state index contributed by atoms with van der Waals surface area (Å²) in [5.74, 6) is 0.230. The topological polar surface area (TPSA) is 72.5 Å². The maximum Gasteiger partial charge on any atom is 0.281 e. The van der Waals surface area contributed by atoms with Crippen LogP contribution in [0, 0.1) is 6.92 Å². The number of fused-ring (bicyclic) bond motifs is 1. The van der Waals surface area contributed by atoms with Crippen molar-refractivity contribution in [1.29, 1.82) is 0 Å². The van der Waals surface area contributed by atoms with Gasteiger partial charge >= 0.3 is 0 Å². The highest BCUT2D eigenvalue weighted by Gasteiger charge is 2.22. The molecule has 2 N–H and O–H groups in total. The second-order valence-corrected chi connectivity index (χ2v) is 8.32. The van der Waals surface area contributed by atoms with Crippen molar-refractivity contribution in [1.82, 2.24) is 10.1 Å². The van der Waals surface area contributed by atoms with Gasteiger partial charge in [-0.05, 0) is 26.0 Å². The number of thiazole rings is 1. The van der Waals surface area contributed by atoms with E-state index >= 15 is 0 Å². The fourth-order valence-electron chi connectivity index (χ4n) is 3.07. The molecule has 0 saturated carbocycles. The van der Waals surface area contributed by atoms with Crippen LogP contribution in [-0.4, -0.2) is 29.6 Å². The Morgan fingerprint density at radius 1 is 1.21 bits per heavy atom. The molecule has 0 radical (unpaired) electrons. The summed E-state index contributed by atoms with van der Waals surface area (Å²) in [6.45, 7) is 4.42. The lowest BCUT2D eigenvalue weighted by molar-refractivity contribution is -0.902. The number of nitrogens with zero attached hydrogens (tertiary/aromatic N) is 2. The maximum atomic E-state index is 12.5. The molecule has 0 fully saturated rings. The van der Waals surface area contributed by atoms with Crippen LogP contribution >= 0.6 is 11.3 Å². The average Bonchev–Trinajstić information content (AvgIpc) is 3.34. The van der Waals surface area contributed by atoms with E-state index in [1.165, 1.54) is 5.56 Å². The molecular weight excluding hydrogens is 384 g/mol. The molecule has 1 amide bonds. The summed E-state index contributed by atoms with van der Waals surface area (Å²) in [4.78, 5) is 18.2. The Kier molecular flexibility index (Phi) is 5.42. The third-order valence-corrected chi connectivity index (χ3v) is 6.20. The summed E-state index contributed by atoms with van der Waals surface area (Å²) >= 11 is 1.67. The zero-order valence-electron chi connectivity index (χ0n) is 16.6. The average molecular weight is 408 g/mol. The first-order chi connectivity index (χ1) is 14.0. The molecule has 0 aliphatic carbocycles. The Labute approximate surface area is 173 Å². The summed E-state index contributed by atoms with van der Waals surface area (Å²) in [5.41, 5.74) is 3.83. The van der Waals surface area contributed by atoms with Gasteiger partial charge in [0.2, 0.25) is 5.88 Å². The third kappa shape index (κ3) is 4.36. The van der Waals surface area contributed by atoms with E-state index in [1.54, 1.807) is 17.4 Å². The quantitative estimate of drug-likeness (QED) is 0.513. The highest BCUT2D eigenvalue weighted by Crippen LogP contribution is 2.25. The van der Waals surface area contributed by atoms with Gasteiger partial charge in [-0.15, -0.1) is 11.3 Å². The highest BCUT2D eigenvalue weighted by atomic mass is 32.1. The number of carbonyl (C=O) groups is 1. The highest BCUT2D eigenvalue weighted by molar-refractivity contribution is 7.18. The normalized spacial score (nSPS) is 13.3. The van der Waals surface area contributed by atoms with Gasteiger partial charge in [-0.1, -0.05) is 47.1 Å². The number of anilines is 1. The summed E-state index contributed by atoms with van der Waals surface area (Å²) in [6, 6.07) is 17.9. The molecule has 4 aromatic rings. The first kappa shape index (κ1) is 19.3. The molecule has 7 heteroatoms. The number of benzene rings is 2. The first-order valence-corrected chi connectivity index (χ1v) is 10.3. The number of quaternary nitrogens is 1. The summed E-state index contributed by atoms with van der Waals surface area (Å²) < 4.78 is 6.45. The van der Waals surface area contributed by atoms with Crippen molar-refractivity contribution in [3.8, 4) is 11.3 Å². The molecule has 2 atom stereocenters. The monoisotopic (exact) mass is 407 g/mol. The molecule has 0 aliphatic rings. The number of carbonyl (C=O) groups excluding carboxylic acids is 1. The molecule has 1 unspecified atom stereocenters. The Balaban J connectivity index is 1.38. The molecule has 6 nitrogen and oxygen atoms in total. The molecule has 0 saturated heterocycles. The minimum absolute atomic E-state index is 0.107. The molecule has 2 aromatic carbocycles. The van der Waals surface area contributed by atoms with Crippen LogP contribution in [0.2, 0.25) is 0 Å². The van der Waals surface area contributed by atoms with Gasteiger partial charge < -0.3 is 9.42 Å². The number of aromatic nitrogens is 2. The molecule has 29 heavy (non-hydrogen) atoms. The van der Waals surface area contributed by atoms with Gasteiger partial charge in [0.05, 0.1) is 17.3 Å². The molecule has 0 bridgehead atoms. The minimum Gasteiger partial charge on any atom is -0.338 e. The molecule has 4 rings (SSSR count). The lowest BCUT2D eigenvalue weighted by atomic mass is 10.1. The van der Waals surface area contributed by atoms with E-state index in [4.69, 9.17) is 9.51 Å². The second kappa shape index (κ2) is 8.14. The molecule has 0 aliphatic heterocycles. The van der Waals surface area contributed by atoms with E-state index in [-0.39, 0.29) is 11.9 Å². The fourth-order valence-corrected chi connectivity index (χ4v) is 4.18. The van der Waals surface area contributed by atoms with E-state index < -0.39 is 0 Å². The number of rotatable bonds is 6. The van der Waals surface area contributed by atoms with Crippen LogP contribution in [0.4, 0.5) is 5.88 Å². The maximum absolute atomic E-state index is 12.5. The van der Waals surface area contributed by atoms with Crippen molar-refractivity contribution >= 4 is 33.3 Å². The van der Waals surface area contributed by atoms with Gasteiger partial charge in [-0.2, -0.15) is 0 Å². The number of nitrogens with one attached hydrogen (secondary N) is 2. The van der Waals surface area contributed by atoms with Crippen LogP contribution in [0.15, 0.2) is 59.1 Å². The van der Waals surface area contributed by atoms with Gasteiger partial charge in [0.15, 0.2) is 11.6 Å². The zero-order valence-corrected chi connectivity index (χ0v) is 17.4. The molecule has 2 aromatic heterocycles. The number of amides is 1. The molecular formula is C22H23N4O2S+. The lowest BCUT2D eigenvalue weighted by Crippen LogP contribution is -3.10. The zero-order chi connectivity index (χ0) is 20.4. The fraction of sp³-hybridized carbons (Fsp3) is 0.227. The number of aryl methyl sites for hydroxylation is 1. The van der Waals surface area contributed by atoms with Crippen LogP contribution in [0.1, 0.15) is 23.5 Å². The number of hydrogen-bond acceptors (Lipinski definition) is 5. The molecule has 0 spiro atoms. The Bertz CT molecular complexity index is 1100. The standard InChI is InChI=1S/C22H22N4O2S/c1-14-8-10-16(11-9-14)18-12-21(28-25-18)24-20(27)13-26(3)15(2)22-23-17-6-4-5-7-19(17)29-22/h4-12,15H,13H2,1-3H3,(H,24,27)/p+1/t15-/m1/s1. The van der Waals surface area contributed by atoms with E-state index in [0.29, 0.717) is 18.1 Å². The van der Waals surface area contributed by atoms with E-state index in [9.17, 15) is 4.79 Å². The minimum atomic E-state index is -0.123. The molecule has 2 heterocycles. The van der Waals surface area contributed by atoms with Crippen LogP contribution in [-0.2, 0) is 4.79 Å². The molecule has 148 valence electrons. The van der Waals surface area contributed by atoms with Crippen molar-refractivity contribution in [2.45, 2.75) is 19.9 Å². The van der Waals surface area contributed by atoms with Gasteiger partial charge in [0.1, 0.15) is 11.7 Å². The van der Waals surface area contributed by atoms with E-state index in [2.05, 4.69) is 23.5 Å². The summed E-state index contributed by atoms with van der Waals surface area (Å²) in [5, 5.41) is 7.88. The Morgan fingerprint density at radius 2 is 1.97 bits per heavy atom. The number of likely N-dealkylation sites (N-methyl/N-ethyl adjacent to an activating group) is 1. The van der Waals surface area contributed by atoms with Crippen molar-refractivity contribution in [2.24, 2.45) is 0 Å². The largest absolute Gasteiger partial charge is 0.338 e. The smallest absolute Gasteiger partial charge is 0.281 e. The van der Waals surface area contributed by atoms with Crippen LogP contribution < -0.4 is 10.2 Å². The number of para-hydroxylation sites is 1. The van der Waals surface area contributed by atoms with Gasteiger partial charge in [-0.25, -0.2) is 4.98 Å². The van der Waals surface area contributed by atoms with Crippen LogP contribution in [0.25, 0.3) is 21.5 Å². The Hall–Kier alpha value is -3.03. The first-order valence-electron chi connectivity index (χ1n) is 9.51. The van der Waals surface area contributed by atoms with Crippen molar-refractivity contribution in [3.05, 3.63) is 65.2 Å². The van der Waals surface area contributed by atoms with Crippen molar-refractivity contribution < 1.29 is 14.2 Å². The number of hydrogen-bond donors (Lipinski definition) is 2. The van der Waals surface area contributed by atoms with Crippen molar-refractivity contribution in [2.75, 3.05) is 18.9 Å². The van der Waals surface area contributed by atoms with E-state index in [0.717, 1.165) is 25.7 Å². The summed E-state index contributed by atoms with van der Waals surface area (Å²) in [7, 11) is 1.99. The van der Waals surface area contributed by atoms with Crippen LogP contribution in [0.3, 0.4) is 0 Å². The second-order valence-electron chi connectivity index (χ2n) is 7.26. The van der Waals surface area contributed by atoms with E-state index in [1.807, 2.05) is 56.4 Å².